The van der Waals surface area contributed by atoms with Gasteiger partial charge in [0.15, 0.2) is 0 Å². The highest BCUT2D eigenvalue weighted by Crippen LogP contribution is 2.32. The Morgan fingerprint density at radius 3 is 2.80 bits per heavy atom. The van der Waals surface area contributed by atoms with Crippen LogP contribution in [-0.2, 0) is 0 Å². The molecule has 0 aromatic carbocycles. The standard InChI is InChI=1S/C19H31N5O/c1-22-13-9-17-15(14-22)6-4-11-23(17)19(25)21-16-7-2-3-8-18(16)24-12-5-10-20-24/h5,10,12,15-18H,2-4,6-9,11,13-14H2,1H3,(H,21,25)/t15-,16-,17-,18-/m1/s1. The molecule has 6 heteroatoms. The molecule has 1 N–H and O–H groups in total. The van der Waals surface area contributed by atoms with Gasteiger partial charge in [0, 0.05) is 31.5 Å². The summed E-state index contributed by atoms with van der Waals surface area (Å²) in [5, 5.41) is 7.81. The molecular weight excluding hydrogens is 314 g/mol. The van der Waals surface area contributed by atoms with Crippen molar-refractivity contribution in [2.45, 2.75) is 63.1 Å². The second kappa shape index (κ2) is 7.36. The van der Waals surface area contributed by atoms with Crippen molar-refractivity contribution in [3.63, 3.8) is 0 Å². The average Bonchev–Trinajstić information content (AvgIpc) is 3.16. The fourth-order valence-electron chi connectivity index (χ4n) is 5.15. The van der Waals surface area contributed by atoms with Gasteiger partial charge in [-0.3, -0.25) is 4.68 Å². The Kier molecular flexibility index (Phi) is 4.97. The number of likely N-dealkylation sites (tertiary alicyclic amines) is 2. The minimum atomic E-state index is 0.156. The summed E-state index contributed by atoms with van der Waals surface area (Å²) in [6, 6.07) is 3.06. The first-order valence-corrected chi connectivity index (χ1v) is 9.97. The molecule has 1 aliphatic carbocycles. The van der Waals surface area contributed by atoms with Crippen molar-refractivity contribution in [3.8, 4) is 0 Å². The summed E-state index contributed by atoms with van der Waals surface area (Å²) < 4.78 is 2.04. The number of carbonyl (C=O) groups excluding carboxylic acids is 1. The van der Waals surface area contributed by atoms with Crippen LogP contribution in [0.5, 0.6) is 0 Å². The summed E-state index contributed by atoms with van der Waals surface area (Å²) in [6.45, 7) is 3.15. The van der Waals surface area contributed by atoms with Crippen LogP contribution in [0.15, 0.2) is 18.5 Å². The van der Waals surface area contributed by atoms with Crippen LogP contribution < -0.4 is 5.32 Å². The van der Waals surface area contributed by atoms with Crippen LogP contribution in [0.1, 0.15) is 51.0 Å². The van der Waals surface area contributed by atoms with Crippen LogP contribution in [0.25, 0.3) is 0 Å². The van der Waals surface area contributed by atoms with E-state index >= 15 is 0 Å². The lowest BCUT2D eigenvalue weighted by molar-refractivity contribution is 0.0508. The van der Waals surface area contributed by atoms with E-state index in [1.165, 1.54) is 19.3 Å². The molecule has 6 nitrogen and oxygen atoms in total. The molecule has 1 aromatic heterocycles. The molecule has 3 heterocycles. The molecule has 3 fully saturated rings. The summed E-state index contributed by atoms with van der Waals surface area (Å²) in [5.41, 5.74) is 0. The molecule has 0 radical (unpaired) electrons. The topological polar surface area (TPSA) is 53.4 Å². The van der Waals surface area contributed by atoms with Gasteiger partial charge >= 0.3 is 6.03 Å². The van der Waals surface area contributed by atoms with Gasteiger partial charge in [-0.2, -0.15) is 5.10 Å². The number of hydrogen-bond donors (Lipinski definition) is 1. The molecule has 1 saturated carbocycles. The van der Waals surface area contributed by atoms with E-state index in [-0.39, 0.29) is 12.1 Å². The highest BCUT2D eigenvalue weighted by atomic mass is 16.2. The fourth-order valence-corrected chi connectivity index (χ4v) is 5.15. The molecule has 2 saturated heterocycles. The average molecular weight is 345 g/mol. The van der Waals surface area contributed by atoms with E-state index in [0.717, 1.165) is 45.3 Å². The molecule has 3 aliphatic rings. The van der Waals surface area contributed by atoms with E-state index in [0.29, 0.717) is 18.0 Å². The number of fused-ring (bicyclic) bond motifs is 1. The first-order chi connectivity index (χ1) is 12.2. The van der Waals surface area contributed by atoms with Crippen molar-refractivity contribution < 1.29 is 4.79 Å². The summed E-state index contributed by atoms with van der Waals surface area (Å²) >= 11 is 0. The first-order valence-electron chi connectivity index (χ1n) is 9.97. The third-order valence-corrected chi connectivity index (χ3v) is 6.44. The Morgan fingerprint density at radius 1 is 1.08 bits per heavy atom. The molecule has 2 amide bonds. The van der Waals surface area contributed by atoms with Crippen molar-refractivity contribution >= 4 is 6.03 Å². The van der Waals surface area contributed by atoms with Gasteiger partial charge in [-0.15, -0.1) is 0 Å². The van der Waals surface area contributed by atoms with E-state index in [2.05, 4.69) is 27.3 Å². The maximum Gasteiger partial charge on any atom is 0.317 e. The predicted molar refractivity (Wildman–Crippen MR) is 97.4 cm³/mol. The van der Waals surface area contributed by atoms with Gasteiger partial charge in [-0.25, -0.2) is 4.79 Å². The zero-order valence-corrected chi connectivity index (χ0v) is 15.3. The second-order valence-electron chi connectivity index (χ2n) is 8.11. The Morgan fingerprint density at radius 2 is 1.96 bits per heavy atom. The number of rotatable bonds is 2. The molecule has 0 bridgehead atoms. The monoisotopic (exact) mass is 345 g/mol. The van der Waals surface area contributed by atoms with Crippen LogP contribution in [-0.4, -0.2) is 64.4 Å². The van der Waals surface area contributed by atoms with Gasteiger partial charge in [0.2, 0.25) is 0 Å². The quantitative estimate of drug-likeness (QED) is 0.896. The normalized spacial score (nSPS) is 33.7. The second-order valence-corrected chi connectivity index (χ2v) is 8.11. The Bertz CT molecular complexity index is 574. The van der Waals surface area contributed by atoms with Crippen LogP contribution in [0.2, 0.25) is 0 Å². The number of nitrogens with zero attached hydrogens (tertiary/aromatic N) is 4. The molecule has 2 aliphatic heterocycles. The van der Waals surface area contributed by atoms with Crippen molar-refractivity contribution in [2.75, 3.05) is 26.7 Å². The van der Waals surface area contributed by atoms with Crippen molar-refractivity contribution in [2.24, 2.45) is 5.92 Å². The summed E-state index contributed by atoms with van der Waals surface area (Å²) in [4.78, 5) is 17.7. The number of nitrogens with one attached hydrogen (secondary N) is 1. The Hall–Kier alpha value is -1.56. The lowest BCUT2D eigenvalue weighted by atomic mass is 9.84. The van der Waals surface area contributed by atoms with Gasteiger partial charge in [0.1, 0.15) is 0 Å². The van der Waals surface area contributed by atoms with Crippen LogP contribution >= 0.6 is 0 Å². The first kappa shape index (κ1) is 16.9. The fraction of sp³-hybridized carbons (Fsp3) is 0.789. The number of piperidine rings is 2. The van der Waals surface area contributed by atoms with E-state index in [4.69, 9.17) is 0 Å². The minimum absolute atomic E-state index is 0.156. The predicted octanol–water partition coefficient (Wildman–Crippen LogP) is 2.49. The number of carbonyl (C=O) groups is 1. The summed E-state index contributed by atoms with van der Waals surface area (Å²) in [5.74, 6) is 0.645. The number of urea groups is 1. The van der Waals surface area contributed by atoms with E-state index in [1.54, 1.807) is 0 Å². The van der Waals surface area contributed by atoms with E-state index < -0.39 is 0 Å². The zero-order chi connectivity index (χ0) is 17.2. The molecule has 1 aromatic rings. The van der Waals surface area contributed by atoms with Gasteiger partial charge < -0.3 is 15.1 Å². The van der Waals surface area contributed by atoms with Gasteiger partial charge in [0.05, 0.1) is 12.1 Å². The molecule has 4 atom stereocenters. The molecular formula is C19H31N5O. The molecule has 138 valence electrons. The maximum atomic E-state index is 13.1. The van der Waals surface area contributed by atoms with E-state index in [1.807, 2.05) is 23.1 Å². The van der Waals surface area contributed by atoms with Crippen molar-refractivity contribution in [1.29, 1.82) is 0 Å². The van der Waals surface area contributed by atoms with Crippen molar-refractivity contribution in [1.82, 2.24) is 24.9 Å². The summed E-state index contributed by atoms with van der Waals surface area (Å²) in [7, 11) is 2.20. The minimum Gasteiger partial charge on any atom is -0.333 e. The SMILES string of the molecule is CN1CC[C@@H]2[C@H](CCCN2C(=O)N[C@@H]2CCCC[C@H]2n2cccn2)C1. The largest absolute Gasteiger partial charge is 0.333 e. The molecule has 25 heavy (non-hydrogen) atoms. The molecule has 0 spiro atoms. The van der Waals surface area contributed by atoms with Crippen LogP contribution in [0.3, 0.4) is 0 Å². The number of aromatic nitrogens is 2. The number of amides is 2. The highest BCUT2D eigenvalue weighted by molar-refractivity contribution is 5.75. The third kappa shape index (κ3) is 3.54. The summed E-state index contributed by atoms with van der Waals surface area (Å²) in [6.07, 6.45) is 11.9. The lowest BCUT2D eigenvalue weighted by Gasteiger charge is -2.47. The smallest absolute Gasteiger partial charge is 0.317 e. The van der Waals surface area contributed by atoms with Crippen LogP contribution in [0.4, 0.5) is 4.79 Å². The van der Waals surface area contributed by atoms with Crippen molar-refractivity contribution in [3.05, 3.63) is 18.5 Å². The molecule has 0 unspecified atom stereocenters. The van der Waals surface area contributed by atoms with Gasteiger partial charge in [-0.05, 0) is 57.7 Å². The molecule has 4 rings (SSSR count). The zero-order valence-electron chi connectivity index (χ0n) is 15.3. The van der Waals surface area contributed by atoms with Crippen LogP contribution in [0, 0.1) is 5.92 Å². The maximum absolute atomic E-state index is 13.1. The van der Waals surface area contributed by atoms with Gasteiger partial charge in [-0.1, -0.05) is 12.8 Å². The Balaban J connectivity index is 1.43. The number of hydrogen-bond acceptors (Lipinski definition) is 3. The van der Waals surface area contributed by atoms with E-state index in [9.17, 15) is 4.79 Å². The third-order valence-electron chi connectivity index (χ3n) is 6.44. The van der Waals surface area contributed by atoms with Gasteiger partial charge in [0.25, 0.3) is 0 Å². The lowest BCUT2D eigenvalue weighted by Crippen LogP contribution is -2.59. The highest BCUT2D eigenvalue weighted by Gasteiger charge is 2.38. The Labute approximate surface area is 150 Å².